The van der Waals surface area contributed by atoms with Gasteiger partial charge in [0.1, 0.15) is 5.82 Å². The molecule has 1 heterocycles. The molecular formula is C14H20FN3O2. The number of methoxy groups -OCH3 is 1. The first-order valence-electron chi connectivity index (χ1n) is 6.71. The Morgan fingerprint density at radius 1 is 1.50 bits per heavy atom. The van der Waals surface area contributed by atoms with Crippen LogP contribution in [0.3, 0.4) is 0 Å². The van der Waals surface area contributed by atoms with Crippen LogP contribution < -0.4 is 15.5 Å². The molecule has 110 valence electrons. The Hall–Kier alpha value is -1.66. The lowest BCUT2D eigenvalue weighted by atomic mass is 10.1. The molecule has 5 nitrogen and oxygen atoms in total. The van der Waals surface area contributed by atoms with Crippen molar-refractivity contribution in [2.75, 3.05) is 44.8 Å². The Labute approximate surface area is 118 Å². The molecule has 2 rings (SSSR count). The van der Waals surface area contributed by atoms with Crippen LogP contribution in [0.4, 0.5) is 10.1 Å². The summed E-state index contributed by atoms with van der Waals surface area (Å²) in [6.45, 7) is 3.23. The third-order valence-electron chi connectivity index (χ3n) is 3.22. The van der Waals surface area contributed by atoms with Crippen LogP contribution in [0.1, 0.15) is 5.56 Å². The summed E-state index contributed by atoms with van der Waals surface area (Å²) in [4.78, 5) is 13.3. The van der Waals surface area contributed by atoms with E-state index in [1.165, 1.54) is 6.07 Å². The van der Waals surface area contributed by atoms with Crippen molar-refractivity contribution in [2.24, 2.45) is 0 Å². The standard InChI is InChI=1S/C14H20FN3O2/c1-20-8-6-16-9-11-3-2-4-12(15)14(11)18-7-5-17-13(19)10-18/h2-4,16H,5-10H2,1H3,(H,17,19). The van der Waals surface area contributed by atoms with Crippen molar-refractivity contribution >= 4 is 11.6 Å². The van der Waals surface area contributed by atoms with E-state index in [1.807, 2.05) is 6.07 Å². The van der Waals surface area contributed by atoms with E-state index in [0.29, 0.717) is 38.5 Å². The number of nitrogens with zero attached hydrogens (tertiary/aromatic N) is 1. The molecule has 0 unspecified atom stereocenters. The molecule has 6 heteroatoms. The molecule has 1 saturated heterocycles. The number of para-hydroxylation sites is 1. The average Bonchev–Trinajstić information content (AvgIpc) is 2.44. The number of carbonyl (C=O) groups is 1. The van der Waals surface area contributed by atoms with Crippen LogP contribution in [0.15, 0.2) is 18.2 Å². The fourth-order valence-electron chi connectivity index (χ4n) is 2.28. The number of amides is 1. The smallest absolute Gasteiger partial charge is 0.239 e. The minimum Gasteiger partial charge on any atom is -0.383 e. The molecule has 20 heavy (non-hydrogen) atoms. The lowest BCUT2D eigenvalue weighted by Crippen LogP contribution is -2.48. The molecule has 1 amide bonds. The second-order valence-corrected chi connectivity index (χ2v) is 4.69. The molecule has 0 bridgehead atoms. The molecule has 2 N–H and O–H groups in total. The van der Waals surface area contributed by atoms with E-state index >= 15 is 0 Å². The van der Waals surface area contributed by atoms with Gasteiger partial charge in [-0.05, 0) is 11.6 Å². The molecular weight excluding hydrogens is 261 g/mol. The third-order valence-corrected chi connectivity index (χ3v) is 3.22. The Bertz CT molecular complexity index is 468. The summed E-state index contributed by atoms with van der Waals surface area (Å²) in [7, 11) is 1.64. The molecule has 0 aromatic heterocycles. The maximum absolute atomic E-state index is 14.1. The predicted octanol–water partition coefficient (Wildman–Crippen LogP) is 0.498. The fraction of sp³-hybridized carbons (Fsp3) is 0.500. The molecule has 0 spiro atoms. The van der Waals surface area contributed by atoms with E-state index in [9.17, 15) is 9.18 Å². The maximum atomic E-state index is 14.1. The van der Waals surface area contributed by atoms with Gasteiger partial charge in [0.2, 0.25) is 5.91 Å². The summed E-state index contributed by atoms with van der Waals surface area (Å²) in [5.74, 6) is -0.358. The molecule has 1 aromatic rings. The summed E-state index contributed by atoms with van der Waals surface area (Å²) in [6, 6.07) is 5.00. The van der Waals surface area contributed by atoms with Crippen molar-refractivity contribution in [3.8, 4) is 0 Å². The van der Waals surface area contributed by atoms with Gasteiger partial charge in [0, 0.05) is 33.3 Å². The van der Waals surface area contributed by atoms with Gasteiger partial charge in [-0.2, -0.15) is 0 Å². The molecule has 0 aliphatic carbocycles. The van der Waals surface area contributed by atoms with Crippen molar-refractivity contribution < 1.29 is 13.9 Å². The van der Waals surface area contributed by atoms with E-state index in [2.05, 4.69) is 10.6 Å². The first-order chi connectivity index (χ1) is 9.72. The number of carbonyl (C=O) groups excluding carboxylic acids is 1. The van der Waals surface area contributed by atoms with Gasteiger partial charge in [0.05, 0.1) is 18.8 Å². The van der Waals surface area contributed by atoms with E-state index in [1.54, 1.807) is 18.1 Å². The maximum Gasteiger partial charge on any atom is 0.239 e. The molecule has 1 aromatic carbocycles. The van der Waals surface area contributed by atoms with Crippen LogP contribution in [0, 0.1) is 5.82 Å². The second-order valence-electron chi connectivity index (χ2n) is 4.69. The van der Waals surface area contributed by atoms with Gasteiger partial charge in [-0.15, -0.1) is 0 Å². The molecule has 1 aliphatic rings. The summed E-state index contributed by atoms with van der Waals surface area (Å²) >= 11 is 0. The highest BCUT2D eigenvalue weighted by atomic mass is 19.1. The minimum atomic E-state index is -0.286. The highest BCUT2D eigenvalue weighted by Gasteiger charge is 2.21. The Morgan fingerprint density at radius 3 is 3.10 bits per heavy atom. The number of piperazine rings is 1. The summed E-state index contributed by atoms with van der Waals surface area (Å²) in [5.41, 5.74) is 1.38. The molecule has 1 aliphatic heterocycles. The van der Waals surface area contributed by atoms with Crippen molar-refractivity contribution in [1.82, 2.24) is 10.6 Å². The molecule has 0 atom stereocenters. The Kier molecular flexibility index (Phi) is 5.31. The SMILES string of the molecule is COCCNCc1cccc(F)c1N1CCNC(=O)C1. The summed E-state index contributed by atoms with van der Waals surface area (Å²) in [6.07, 6.45) is 0. The van der Waals surface area contributed by atoms with Crippen LogP contribution in [0.5, 0.6) is 0 Å². The number of ether oxygens (including phenoxy) is 1. The zero-order valence-corrected chi connectivity index (χ0v) is 11.6. The van der Waals surface area contributed by atoms with Crippen molar-refractivity contribution in [3.63, 3.8) is 0 Å². The van der Waals surface area contributed by atoms with Crippen molar-refractivity contribution in [2.45, 2.75) is 6.54 Å². The van der Waals surface area contributed by atoms with Crippen molar-refractivity contribution in [3.05, 3.63) is 29.6 Å². The monoisotopic (exact) mass is 281 g/mol. The number of hydrogen-bond donors (Lipinski definition) is 2. The van der Waals surface area contributed by atoms with Gasteiger partial charge < -0.3 is 20.3 Å². The van der Waals surface area contributed by atoms with Crippen LogP contribution >= 0.6 is 0 Å². The van der Waals surface area contributed by atoms with E-state index < -0.39 is 0 Å². The highest BCUT2D eigenvalue weighted by Crippen LogP contribution is 2.25. The highest BCUT2D eigenvalue weighted by molar-refractivity contribution is 5.83. The zero-order valence-electron chi connectivity index (χ0n) is 11.6. The lowest BCUT2D eigenvalue weighted by molar-refractivity contribution is -0.120. The third kappa shape index (κ3) is 3.68. The minimum absolute atomic E-state index is 0.0715. The van der Waals surface area contributed by atoms with Crippen LogP contribution in [0.2, 0.25) is 0 Å². The molecule has 0 saturated carbocycles. The first kappa shape index (κ1) is 14.7. The van der Waals surface area contributed by atoms with Gasteiger partial charge in [0.25, 0.3) is 0 Å². The number of benzene rings is 1. The zero-order chi connectivity index (χ0) is 14.4. The van der Waals surface area contributed by atoms with Gasteiger partial charge >= 0.3 is 0 Å². The average molecular weight is 281 g/mol. The van der Waals surface area contributed by atoms with E-state index in [-0.39, 0.29) is 18.3 Å². The fourth-order valence-corrected chi connectivity index (χ4v) is 2.28. The number of hydrogen-bond acceptors (Lipinski definition) is 4. The van der Waals surface area contributed by atoms with E-state index in [4.69, 9.17) is 4.74 Å². The molecule has 1 fully saturated rings. The van der Waals surface area contributed by atoms with Gasteiger partial charge in [-0.25, -0.2) is 4.39 Å². The lowest BCUT2D eigenvalue weighted by Gasteiger charge is -2.30. The van der Waals surface area contributed by atoms with Crippen LogP contribution in [0.25, 0.3) is 0 Å². The summed E-state index contributed by atoms with van der Waals surface area (Å²) in [5, 5.41) is 5.95. The number of halogens is 1. The first-order valence-corrected chi connectivity index (χ1v) is 6.71. The van der Waals surface area contributed by atoms with Crippen LogP contribution in [-0.2, 0) is 16.1 Å². The van der Waals surface area contributed by atoms with Crippen LogP contribution in [-0.4, -0.2) is 45.8 Å². The van der Waals surface area contributed by atoms with Gasteiger partial charge in [-0.3, -0.25) is 4.79 Å². The Balaban J connectivity index is 2.11. The van der Waals surface area contributed by atoms with E-state index in [0.717, 1.165) is 5.56 Å². The Morgan fingerprint density at radius 2 is 2.35 bits per heavy atom. The van der Waals surface area contributed by atoms with Gasteiger partial charge in [-0.1, -0.05) is 12.1 Å². The van der Waals surface area contributed by atoms with Crippen molar-refractivity contribution in [1.29, 1.82) is 0 Å². The predicted molar refractivity (Wildman–Crippen MR) is 75.2 cm³/mol. The second kappa shape index (κ2) is 7.21. The topological polar surface area (TPSA) is 53.6 Å². The van der Waals surface area contributed by atoms with Gasteiger partial charge in [0.15, 0.2) is 0 Å². The number of nitrogens with one attached hydrogen (secondary N) is 2. The number of rotatable bonds is 6. The normalized spacial score (nSPS) is 15.3. The quantitative estimate of drug-likeness (QED) is 0.746. The summed E-state index contributed by atoms with van der Waals surface area (Å²) < 4.78 is 19.1. The largest absolute Gasteiger partial charge is 0.383 e. The number of anilines is 1. The molecule has 0 radical (unpaired) electrons.